The molecule has 1 aromatic heterocycles. The molecule has 0 bridgehead atoms. The number of carbonyl (C=O) groups is 2. The monoisotopic (exact) mass is 516 g/mol. The second-order valence-electron chi connectivity index (χ2n) is 9.81. The molecule has 1 aliphatic rings. The third-order valence-electron chi connectivity index (χ3n) is 7.32. The van der Waals surface area contributed by atoms with E-state index in [4.69, 9.17) is 9.15 Å². The lowest BCUT2D eigenvalue weighted by atomic mass is 9.96. The van der Waals surface area contributed by atoms with E-state index in [0.29, 0.717) is 28.0 Å². The van der Waals surface area contributed by atoms with Crippen LogP contribution in [-0.4, -0.2) is 25.1 Å². The van der Waals surface area contributed by atoms with Crippen LogP contribution in [0.15, 0.2) is 101 Å². The summed E-state index contributed by atoms with van der Waals surface area (Å²) in [6.07, 6.45) is -0.844. The smallest absolute Gasteiger partial charge is 0.415 e. The summed E-state index contributed by atoms with van der Waals surface area (Å²) in [6.45, 7) is 4.00. The highest BCUT2D eigenvalue weighted by atomic mass is 16.6. The second-order valence-corrected chi connectivity index (χ2v) is 9.81. The average Bonchev–Trinajstić information content (AvgIpc) is 3.49. The lowest BCUT2D eigenvalue weighted by Gasteiger charge is -2.24. The number of hydrogen-bond acceptors (Lipinski definition) is 4. The number of aryl methyl sites for hydroxylation is 1. The van der Waals surface area contributed by atoms with E-state index in [9.17, 15) is 9.59 Å². The van der Waals surface area contributed by atoms with Crippen molar-refractivity contribution in [1.82, 2.24) is 5.32 Å². The van der Waals surface area contributed by atoms with Crippen LogP contribution in [0.4, 0.5) is 10.5 Å². The summed E-state index contributed by atoms with van der Waals surface area (Å²) in [5, 5.41) is 3.44. The molecule has 1 aliphatic heterocycles. The molecule has 4 aromatic carbocycles. The molecule has 194 valence electrons. The Hall–Kier alpha value is -4.84. The van der Waals surface area contributed by atoms with Crippen LogP contribution in [0.1, 0.15) is 34.5 Å². The first-order valence-corrected chi connectivity index (χ1v) is 13.0. The van der Waals surface area contributed by atoms with Crippen molar-refractivity contribution in [3.05, 3.63) is 114 Å². The Bertz CT molecular complexity index is 1670. The lowest BCUT2D eigenvalue weighted by Crippen LogP contribution is -2.32. The molecular weight excluding hydrogens is 488 g/mol. The van der Waals surface area contributed by atoms with Crippen LogP contribution < -0.4 is 10.2 Å². The Kier molecular flexibility index (Phi) is 6.15. The molecule has 5 aromatic rings. The Morgan fingerprint density at radius 3 is 2.21 bits per heavy atom. The molecule has 2 atom stereocenters. The van der Waals surface area contributed by atoms with Crippen molar-refractivity contribution < 1.29 is 18.7 Å². The quantitative estimate of drug-likeness (QED) is 0.262. The minimum absolute atomic E-state index is 0.242. The minimum atomic E-state index is -0.426. The standard InChI is InChI=1S/C33H28N2O4/c1-20-14-16-24(17-15-20)31-29(32(36)34-3)26-18-25(22-10-6-4-7-11-22)27(19-28(26)38-31)35-21(2)30(39-33(35)37)23-12-8-5-9-13-23/h4-19,21,30H,1-3H3,(H,34,36)/t21-,30-/m0/s1. The maximum absolute atomic E-state index is 13.4. The van der Waals surface area contributed by atoms with Crippen LogP contribution in [0.25, 0.3) is 33.4 Å². The summed E-state index contributed by atoms with van der Waals surface area (Å²) in [5.74, 6) is 0.244. The van der Waals surface area contributed by atoms with E-state index < -0.39 is 12.2 Å². The number of anilines is 1. The highest BCUT2D eigenvalue weighted by Crippen LogP contribution is 2.44. The molecule has 1 saturated heterocycles. The number of furan rings is 1. The largest absolute Gasteiger partial charge is 0.455 e. The highest BCUT2D eigenvalue weighted by molar-refractivity contribution is 6.13. The van der Waals surface area contributed by atoms with Gasteiger partial charge in [-0.05, 0) is 31.0 Å². The molecule has 39 heavy (non-hydrogen) atoms. The molecule has 1 N–H and O–H groups in total. The first kappa shape index (κ1) is 24.5. The van der Waals surface area contributed by atoms with Gasteiger partial charge in [0.05, 0.1) is 17.3 Å². The van der Waals surface area contributed by atoms with Crippen molar-refractivity contribution in [3.8, 4) is 22.5 Å². The van der Waals surface area contributed by atoms with Gasteiger partial charge in [-0.1, -0.05) is 90.5 Å². The number of benzene rings is 4. The average molecular weight is 517 g/mol. The molecule has 2 amide bonds. The summed E-state index contributed by atoms with van der Waals surface area (Å²) < 4.78 is 12.3. The minimum Gasteiger partial charge on any atom is -0.455 e. The van der Waals surface area contributed by atoms with E-state index in [-0.39, 0.29) is 11.9 Å². The van der Waals surface area contributed by atoms with Crippen molar-refractivity contribution in [2.75, 3.05) is 11.9 Å². The molecule has 6 rings (SSSR count). The molecule has 2 heterocycles. The van der Waals surface area contributed by atoms with Gasteiger partial charge in [-0.2, -0.15) is 0 Å². The second kappa shape index (κ2) is 9.80. The first-order valence-electron chi connectivity index (χ1n) is 13.0. The Morgan fingerprint density at radius 2 is 1.54 bits per heavy atom. The zero-order chi connectivity index (χ0) is 27.1. The van der Waals surface area contributed by atoms with Crippen molar-refractivity contribution in [2.45, 2.75) is 26.0 Å². The van der Waals surface area contributed by atoms with E-state index in [1.807, 2.05) is 111 Å². The topological polar surface area (TPSA) is 71.8 Å². The van der Waals surface area contributed by atoms with Gasteiger partial charge in [0.25, 0.3) is 5.91 Å². The number of nitrogens with zero attached hydrogens (tertiary/aromatic N) is 1. The number of nitrogens with one attached hydrogen (secondary N) is 1. The van der Waals surface area contributed by atoms with Gasteiger partial charge in [-0.15, -0.1) is 0 Å². The van der Waals surface area contributed by atoms with E-state index in [1.165, 1.54) is 0 Å². The Morgan fingerprint density at radius 1 is 0.872 bits per heavy atom. The van der Waals surface area contributed by atoms with E-state index in [2.05, 4.69) is 5.32 Å². The molecule has 0 spiro atoms. The zero-order valence-corrected chi connectivity index (χ0v) is 22.0. The number of rotatable bonds is 5. The summed E-state index contributed by atoms with van der Waals surface area (Å²) >= 11 is 0. The lowest BCUT2D eigenvalue weighted by molar-refractivity contribution is 0.0964. The summed E-state index contributed by atoms with van der Waals surface area (Å²) in [7, 11) is 1.61. The van der Waals surface area contributed by atoms with Crippen LogP contribution in [0.2, 0.25) is 0 Å². The highest BCUT2D eigenvalue weighted by Gasteiger charge is 2.42. The van der Waals surface area contributed by atoms with E-state index >= 15 is 0 Å². The molecule has 0 aliphatic carbocycles. The van der Waals surface area contributed by atoms with Gasteiger partial charge in [-0.3, -0.25) is 9.69 Å². The van der Waals surface area contributed by atoms with Crippen molar-refractivity contribution in [2.24, 2.45) is 0 Å². The summed E-state index contributed by atoms with van der Waals surface area (Å²) in [6, 6.07) is 31.0. The molecule has 0 unspecified atom stereocenters. The third-order valence-corrected chi connectivity index (χ3v) is 7.32. The SMILES string of the molecule is CNC(=O)c1c(-c2ccc(C)cc2)oc2cc(N3C(=O)O[C@H](c4ccccc4)[C@@H]3C)c(-c3ccccc3)cc12. The number of hydrogen-bond donors (Lipinski definition) is 1. The van der Waals surface area contributed by atoms with Gasteiger partial charge in [0, 0.05) is 29.6 Å². The van der Waals surface area contributed by atoms with Gasteiger partial charge in [-0.25, -0.2) is 4.79 Å². The number of amides is 2. The number of fused-ring (bicyclic) bond motifs is 1. The third kappa shape index (κ3) is 4.24. The summed E-state index contributed by atoms with van der Waals surface area (Å²) in [5.41, 5.74) is 6.21. The van der Waals surface area contributed by atoms with E-state index in [0.717, 1.165) is 27.8 Å². The van der Waals surface area contributed by atoms with Crippen LogP contribution in [0.5, 0.6) is 0 Å². The Labute approximate surface area is 226 Å². The van der Waals surface area contributed by atoms with Crippen LogP contribution in [0.3, 0.4) is 0 Å². The van der Waals surface area contributed by atoms with Crippen LogP contribution in [0, 0.1) is 6.92 Å². The molecule has 1 fully saturated rings. The fourth-order valence-corrected chi connectivity index (χ4v) is 5.31. The first-order chi connectivity index (χ1) is 19.0. The van der Waals surface area contributed by atoms with Gasteiger partial charge >= 0.3 is 6.09 Å². The predicted octanol–water partition coefficient (Wildman–Crippen LogP) is 7.52. The van der Waals surface area contributed by atoms with Crippen LogP contribution >= 0.6 is 0 Å². The van der Waals surface area contributed by atoms with Crippen LogP contribution in [-0.2, 0) is 4.74 Å². The van der Waals surface area contributed by atoms with Crippen molar-refractivity contribution in [1.29, 1.82) is 0 Å². The molecule has 0 saturated carbocycles. The fourth-order valence-electron chi connectivity index (χ4n) is 5.31. The maximum atomic E-state index is 13.4. The van der Waals surface area contributed by atoms with Gasteiger partial charge in [0.2, 0.25) is 0 Å². The molecule has 6 heteroatoms. The van der Waals surface area contributed by atoms with Crippen molar-refractivity contribution >= 4 is 28.7 Å². The molecular formula is C33H28N2O4. The fraction of sp³-hybridized carbons (Fsp3) is 0.152. The predicted molar refractivity (Wildman–Crippen MR) is 153 cm³/mol. The summed E-state index contributed by atoms with van der Waals surface area (Å²) in [4.78, 5) is 28.3. The molecule has 0 radical (unpaired) electrons. The number of ether oxygens (including phenoxy) is 1. The maximum Gasteiger partial charge on any atom is 0.415 e. The number of carbonyl (C=O) groups excluding carboxylic acids is 2. The van der Waals surface area contributed by atoms with Crippen molar-refractivity contribution in [3.63, 3.8) is 0 Å². The Balaban J connectivity index is 1.58. The van der Waals surface area contributed by atoms with Gasteiger partial charge in [0.1, 0.15) is 17.4 Å². The molecule has 6 nitrogen and oxygen atoms in total. The zero-order valence-electron chi connectivity index (χ0n) is 22.0. The normalized spacial score (nSPS) is 16.9. The number of cyclic esters (lactones) is 1. The van der Waals surface area contributed by atoms with Gasteiger partial charge in [0.15, 0.2) is 0 Å². The van der Waals surface area contributed by atoms with E-state index in [1.54, 1.807) is 11.9 Å². The van der Waals surface area contributed by atoms with Gasteiger partial charge < -0.3 is 14.5 Å².